The fraction of sp³-hybridized carbons (Fsp3) is 0.476. The van der Waals surface area contributed by atoms with Gasteiger partial charge in [-0.2, -0.15) is 13.2 Å². The lowest BCUT2D eigenvalue weighted by Crippen LogP contribution is -2.46. The van der Waals surface area contributed by atoms with Crippen LogP contribution in [0.1, 0.15) is 31.4 Å². The quantitative estimate of drug-likeness (QED) is 0.657. The summed E-state index contributed by atoms with van der Waals surface area (Å²) in [5.41, 5.74) is 0.262. The number of nitrogens with one attached hydrogen (secondary N) is 1. The van der Waals surface area contributed by atoms with Crippen molar-refractivity contribution in [3.63, 3.8) is 0 Å². The predicted molar refractivity (Wildman–Crippen MR) is 109 cm³/mol. The van der Waals surface area contributed by atoms with E-state index >= 15 is 0 Å². The third-order valence-corrected chi connectivity index (χ3v) is 5.10. The third-order valence-electron chi connectivity index (χ3n) is 5.10. The van der Waals surface area contributed by atoms with E-state index in [-0.39, 0.29) is 11.6 Å². The van der Waals surface area contributed by atoms with Gasteiger partial charge in [-0.15, -0.1) is 0 Å². The normalized spacial score (nSPS) is 15.2. The highest BCUT2D eigenvalue weighted by atomic mass is 19.4. The highest BCUT2D eigenvalue weighted by Gasteiger charge is 2.32. The summed E-state index contributed by atoms with van der Waals surface area (Å²) in [6.07, 6.45) is 3.08. The van der Waals surface area contributed by atoms with Gasteiger partial charge in [0, 0.05) is 50.7 Å². The Balaban J connectivity index is 1.29. The Bertz CT molecular complexity index is 808. The van der Waals surface area contributed by atoms with Gasteiger partial charge in [-0.05, 0) is 43.7 Å². The summed E-state index contributed by atoms with van der Waals surface area (Å²) in [5, 5.41) is 2.52. The number of pyridine rings is 2. The molecule has 1 amide bonds. The Kier molecular flexibility index (Phi) is 7.62. The van der Waals surface area contributed by atoms with Crippen LogP contribution in [-0.4, -0.2) is 53.5 Å². The first-order valence-corrected chi connectivity index (χ1v) is 10.1. The molecule has 2 aromatic rings. The van der Waals surface area contributed by atoms with Crippen molar-refractivity contribution in [2.75, 3.05) is 42.9 Å². The molecule has 0 spiro atoms. The fourth-order valence-corrected chi connectivity index (χ4v) is 3.46. The highest BCUT2D eigenvalue weighted by Crippen LogP contribution is 2.28. The molecule has 1 saturated heterocycles. The van der Waals surface area contributed by atoms with E-state index in [1.54, 1.807) is 6.20 Å². The summed E-state index contributed by atoms with van der Waals surface area (Å²) in [4.78, 5) is 24.2. The van der Waals surface area contributed by atoms with Gasteiger partial charge in [-0.1, -0.05) is 6.42 Å². The van der Waals surface area contributed by atoms with Crippen molar-refractivity contribution in [1.82, 2.24) is 14.9 Å². The van der Waals surface area contributed by atoms with Crippen LogP contribution < -0.4 is 10.2 Å². The van der Waals surface area contributed by atoms with Crippen LogP contribution in [0, 0.1) is 0 Å². The zero-order valence-electron chi connectivity index (χ0n) is 16.7. The highest BCUT2D eigenvalue weighted by molar-refractivity contribution is 5.90. The van der Waals surface area contributed by atoms with Gasteiger partial charge in [0.25, 0.3) is 0 Å². The van der Waals surface area contributed by atoms with E-state index < -0.39 is 11.9 Å². The summed E-state index contributed by atoms with van der Waals surface area (Å²) in [6.45, 7) is 4.93. The molecule has 0 bridgehead atoms. The van der Waals surface area contributed by atoms with Gasteiger partial charge in [-0.3, -0.25) is 19.7 Å². The number of rotatable bonds is 8. The first-order valence-electron chi connectivity index (χ1n) is 10.1. The van der Waals surface area contributed by atoms with E-state index in [4.69, 9.17) is 0 Å². The zero-order valence-corrected chi connectivity index (χ0v) is 16.7. The molecule has 2 aromatic heterocycles. The first-order chi connectivity index (χ1) is 14.4. The van der Waals surface area contributed by atoms with Crippen molar-refractivity contribution in [3.05, 3.63) is 48.5 Å². The minimum atomic E-state index is -4.52. The molecule has 1 aliphatic heterocycles. The van der Waals surface area contributed by atoms with Crippen LogP contribution in [-0.2, 0) is 11.0 Å². The van der Waals surface area contributed by atoms with E-state index in [1.165, 1.54) is 6.07 Å². The number of piperazine rings is 1. The molecular weight excluding hydrogens is 395 g/mol. The van der Waals surface area contributed by atoms with E-state index in [2.05, 4.69) is 31.2 Å². The molecule has 30 heavy (non-hydrogen) atoms. The van der Waals surface area contributed by atoms with Gasteiger partial charge >= 0.3 is 6.18 Å². The predicted octanol–water partition coefficient (Wildman–Crippen LogP) is 3.82. The number of carbonyl (C=O) groups is 1. The maximum absolute atomic E-state index is 12.7. The van der Waals surface area contributed by atoms with Gasteiger partial charge in [0.2, 0.25) is 5.91 Å². The standard InChI is InChI=1S/C21H26F3N5O/c22-21(23,24)19-15-17(7-9-26-19)27-20(30)6-2-1-3-10-28-11-13-29(14-12-28)18-5-4-8-25-16-18/h4-5,7-9,15-16H,1-3,6,10-14H2,(H,26,27,30). The van der Waals surface area contributed by atoms with Crippen LogP contribution in [0.25, 0.3) is 0 Å². The molecule has 3 heterocycles. The number of halogens is 3. The molecule has 0 aromatic carbocycles. The van der Waals surface area contributed by atoms with Gasteiger partial charge in [0.05, 0.1) is 11.9 Å². The van der Waals surface area contributed by atoms with E-state index in [0.717, 1.165) is 63.5 Å². The maximum Gasteiger partial charge on any atom is 0.433 e. The fourth-order valence-electron chi connectivity index (χ4n) is 3.46. The molecule has 0 saturated carbocycles. The number of anilines is 2. The monoisotopic (exact) mass is 421 g/mol. The lowest BCUT2D eigenvalue weighted by Gasteiger charge is -2.35. The lowest BCUT2D eigenvalue weighted by atomic mass is 10.1. The number of alkyl halides is 3. The molecule has 0 aliphatic carbocycles. The average Bonchev–Trinajstić information content (AvgIpc) is 2.74. The van der Waals surface area contributed by atoms with Crippen molar-refractivity contribution < 1.29 is 18.0 Å². The lowest BCUT2D eigenvalue weighted by molar-refractivity contribution is -0.141. The molecule has 6 nitrogen and oxygen atoms in total. The number of carbonyl (C=O) groups excluding carboxylic acids is 1. The van der Waals surface area contributed by atoms with E-state index in [0.29, 0.717) is 12.8 Å². The molecule has 1 aliphatic rings. The Morgan fingerprint density at radius 1 is 1.07 bits per heavy atom. The molecule has 162 valence electrons. The summed E-state index contributed by atoms with van der Waals surface area (Å²) < 4.78 is 38.0. The summed E-state index contributed by atoms with van der Waals surface area (Å²) in [5.74, 6) is -0.278. The molecule has 3 rings (SSSR count). The molecule has 0 unspecified atom stereocenters. The second-order valence-electron chi connectivity index (χ2n) is 7.33. The van der Waals surface area contributed by atoms with Crippen LogP contribution in [0.5, 0.6) is 0 Å². The number of hydrogen-bond donors (Lipinski definition) is 1. The van der Waals surface area contributed by atoms with Crippen LogP contribution >= 0.6 is 0 Å². The molecule has 0 atom stereocenters. The average molecular weight is 421 g/mol. The van der Waals surface area contributed by atoms with Crippen molar-refractivity contribution in [3.8, 4) is 0 Å². The topological polar surface area (TPSA) is 61.4 Å². The summed E-state index contributed by atoms with van der Waals surface area (Å²) in [7, 11) is 0. The van der Waals surface area contributed by atoms with Gasteiger partial charge in [0.1, 0.15) is 5.69 Å². The minimum absolute atomic E-state index is 0.119. The Hall–Kier alpha value is -2.68. The van der Waals surface area contributed by atoms with Crippen LogP contribution in [0.3, 0.4) is 0 Å². The van der Waals surface area contributed by atoms with Crippen LogP contribution in [0.2, 0.25) is 0 Å². The van der Waals surface area contributed by atoms with Gasteiger partial charge in [-0.25, -0.2) is 0 Å². The number of aromatic nitrogens is 2. The number of nitrogens with zero attached hydrogens (tertiary/aromatic N) is 4. The number of unbranched alkanes of at least 4 members (excludes halogenated alkanes) is 2. The van der Waals surface area contributed by atoms with Crippen molar-refractivity contribution in [2.45, 2.75) is 31.9 Å². The first kappa shape index (κ1) is 22.0. The number of hydrogen-bond acceptors (Lipinski definition) is 5. The molecule has 1 N–H and O–H groups in total. The number of amides is 1. The van der Waals surface area contributed by atoms with E-state index in [9.17, 15) is 18.0 Å². The maximum atomic E-state index is 12.7. The van der Waals surface area contributed by atoms with Gasteiger partial charge in [0.15, 0.2) is 0 Å². The molecule has 9 heteroatoms. The molecule has 1 fully saturated rings. The summed E-state index contributed by atoms with van der Waals surface area (Å²) >= 11 is 0. The third kappa shape index (κ3) is 6.69. The van der Waals surface area contributed by atoms with Crippen LogP contribution in [0.4, 0.5) is 24.5 Å². The van der Waals surface area contributed by atoms with E-state index in [1.807, 2.05) is 12.3 Å². The largest absolute Gasteiger partial charge is 0.433 e. The second-order valence-corrected chi connectivity index (χ2v) is 7.33. The van der Waals surface area contributed by atoms with Crippen molar-refractivity contribution >= 4 is 17.3 Å². The van der Waals surface area contributed by atoms with Gasteiger partial charge < -0.3 is 10.2 Å². The van der Waals surface area contributed by atoms with Crippen molar-refractivity contribution in [2.24, 2.45) is 0 Å². The Labute approximate surface area is 174 Å². The Morgan fingerprint density at radius 2 is 1.87 bits per heavy atom. The zero-order chi connectivity index (χ0) is 21.4. The Morgan fingerprint density at radius 3 is 2.57 bits per heavy atom. The smallest absolute Gasteiger partial charge is 0.368 e. The second kappa shape index (κ2) is 10.4. The molecule has 0 radical (unpaired) electrons. The minimum Gasteiger partial charge on any atom is -0.368 e. The van der Waals surface area contributed by atoms with Crippen molar-refractivity contribution in [1.29, 1.82) is 0 Å². The van der Waals surface area contributed by atoms with Crippen LogP contribution in [0.15, 0.2) is 42.9 Å². The molecular formula is C21H26F3N5O. The SMILES string of the molecule is O=C(CCCCCN1CCN(c2cccnc2)CC1)Nc1ccnc(C(F)(F)F)c1. The summed E-state index contributed by atoms with van der Waals surface area (Å²) in [6, 6.07) is 6.23.